The van der Waals surface area contributed by atoms with Crippen LogP contribution in [-0.4, -0.2) is 18.5 Å². The molecule has 4 heteroatoms. The highest BCUT2D eigenvalue weighted by atomic mass is 16.1. The van der Waals surface area contributed by atoms with Crippen molar-refractivity contribution in [2.75, 3.05) is 17.2 Å². The molecule has 1 amide bonds. The number of hydrogen-bond donors (Lipinski definition) is 2. The first-order valence-electron chi connectivity index (χ1n) is 6.86. The van der Waals surface area contributed by atoms with E-state index in [1.807, 2.05) is 12.1 Å². The zero-order chi connectivity index (χ0) is 14.2. The Bertz CT molecular complexity index is 486. The maximum absolute atomic E-state index is 11.6. The molecular weight excluding hydrogens is 238 g/mol. The second kappa shape index (κ2) is 5.11. The third kappa shape index (κ3) is 2.67. The van der Waals surface area contributed by atoms with Gasteiger partial charge in [-0.05, 0) is 43.4 Å². The molecule has 3 atom stereocenters. The van der Waals surface area contributed by atoms with E-state index in [2.05, 4.69) is 25.7 Å². The fourth-order valence-corrected chi connectivity index (χ4v) is 3.03. The molecule has 104 valence electrons. The lowest BCUT2D eigenvalue weighted by atomic mass is 9.85. The van der Waals surface area contributed by atoms with Gasteiger partial charge in [0, 0.05) is 24.0 Å². The highest BCUT2D eigenvalue weighted by Crippen LogP contribution is 2.33. The Hall–Kier alpha value is -1.71. The van der Waals surface area contributed by atoms with E-state index < -0.39 is 5.91 Å². The summed E-state index contributed by atoms with van der Waals surface area (Å²) >= 11 is 0. The van der Waals surface area contributed by atoms with Crippen molar-refractivity contribution < 1.29 is 4.79 Å². The predicted octanol–water partition coefficient (Wildman–Crippen LogP) is 2.24. The van der Waals surface area contributed by atoms with Gasteiger partial charge in [-0.25, -0.2) is 0 Å². The SMILES string of the molecule is CC1CC(C)C(C)N(c2ccc(N)cc2C(N)=O)C1. The van der Waals surface area contributed by atoms with Crippen LogP contribution in [0.4, 0.5) is 11.4 Å². The Kier molecular flexibility index (Phi) is 3.69. The number of nitrogens with two attached hydrogens (primary N) is 2. The highest BCUT2D eigenvalue weighted by Gasteiger charge is 2.30. The smallest absolute Gasteiger partial charge is 0.250 e. The van der Waals surface area contributed by atoms with Crippen molar-refractivity contribution in [1.82, 2.24) is 0 Å². The highest BCUT2D eigenvalue weighted by molar-refractivity contribution is 5.99. The van der Waals surface area contributed by atoms with Crippen LogP contribution in [0.2, 0.25) is 0 Å². The molecule has 0 spiro atoms. The number of carbonyl (C=O) groups is 1. The number of amides is 1. The first-order chi connectivity index (χ1) is 8.90. The molecule has 1 aromatic rings. The maximum atomic E-state index is 11.6. The topological polar surface area (TPSA) is 72.3 Å². The molecule has 1 saturated heterocycles. The van der Waals surface area contributed by atoms with Gasteiger partial charge in [-0.3, -0.25) is 4.79 Å². The van der Waals surface area contributed by atoms with Crippen LogP contribution < -0.4 is 16.4 Å². The van der Waals surface area contributed by atoms with Crippen molar-refractivity contribution in [3.8, 4) is 0 Å². The van der Waals surface area contributed by atoms with E-state index >= 15 is 0 Å². The molecule has 0 radical (unpaired) electrons. The number of primary amides is 1. The van der Waals surface area contributed by atoms with Crippen molar-refractivity contribution in [2.45, 2.75) is 33.2 Å². The van der Waals surface area contributed by atoms with Crippen LogP contribution in [0.5, 0.6) is 0 Å². The summed E-state index contributed by atoms with van der Waals surface area (Å²) in [6, 6.07) is 5.82. The Morgan fingerprint density at radius 1 is 1.32 bits per heavy atom. The maximum Gasteiger partial charge on any atom is 0.250 e. The Labute approximate surface area is 114 Å². The Balaban J connectivity index is 2.42. The number of benzene rings is 1. The minimum absolute atomic E-state index is 0.401. The van der Waals surface area contributed by atoms with Gasteiger partial charge >= 0.3 is 0 Å². The molecule has 1 aliphatic rings. The van der Waals surface area contributed by atoms with Crippen molar-refractivity contribution in [3.63, 3.8) is 0 Å². The van der Waals surface area contributed by atoms with Gasteiger partial charge in [0.05, 0.1) is 5.56 Å². The summed E-state index contributed by atoms with van der Waals surface area (Å²) in [4.78, 5) is 13.9. The van der Waals surface area contributed by atoms with Gasteiger partial charge in [0.1, 0.15) is 0 Å². The third-order valence-corrected chi connectivity index (χ3v) is 4.19. The molecule has 3 unspecified atom stereocenters. The zero-order valence-corrected chi connectivity index (χ0v) is 11.9. The first kappa shape index (κ1) is 13.7. The molecule has 4 nitrogen and oxygen atoms in total. The number of carbonyl (C=O) groups excluding carboxylic acids is 1. The minimum Gasteiger partial charge on any atom is -0.399 e. The number of nitrogens with zero attached hydrogens (tertiary/aromatic N) is 1. The number of nitrogen functional groups attached to an aromatic ring is 1. The van der Waals surface area contributed by atoms with Gasteiger partial charge in [-0.15, -0.1) is 0 Å². The number of piperidine rings is 1. The Morgan fingerprint density at radius 2 is 2.00 bits per heavy atom. The minimum atomic E-state index is -0.416. The van der Waals surface area contributed by atoms with Crippen molar-refractivity contribution >= 4 is 17.3 Å². The van der Waals surface area contributed by atoms with E-state index in [0.29, 0.717) is 29.1 Å². The van der Waals surface area contributed by atoms with Crippen LogP contribution in [0.15, 0.2) is 18.2 Å². The van der Waals surface area contributed by atoms with E-state index in [4.69, 9.17) is 11.5 Å². The molecule has 1 aromatic carbocycles. The number of hydrogen-bond acceptors (Lipinski definition) is 3. The molecule has 1 heterocycles. The first-order valence-corrected chi connectivity index (χ1v) is 6.86. The van der Waals surface area contributed by atoms with Gasteiger partial charge in [0.25, 0.3) is 5.91 Å². The fourth-order valence-electron chi connectivity index (χ4n) is 3.03. The second-order valence-corrected chi connectivity index (χ2v) is 5.85. The molecule has 4 N–H and O–H groups in total. The largest absolute Gasteiger partial charge is 0.399 e. The molecule has 1 aliphatic heterocycles. The molecule has 0 saturated carbocycles. The summed E-state index contributed by atoms with van der Waals surface area (Å²) in [7, 11) is 0. The van der Waals surface area contributed by atoms with E-state index in [1.54, 1.807) is 6.07 Å². The van der Waals surface area contributed by atoms with Gasteiger partial charge in [-0.2, -0.15) is 0 Å². The molecule has 1 fully saturated rings. The van der Waals surface area contributed by atoms with E-state index in [-0.39, 0.29) is 0 Å². The summed E-state index contributed by atoms with van der Waals surface area (Å²) < 4.78 is 0. The molecule has 19 heavy (non-hydrogen) atoms. The standard InChI is InChI=1S/C15H23N3O/c1-9-6-10(2)11(3)18(8-9)14-5-4-12(16)7-13(14)15(17)19/h4-5,7,9-11H,6,8,16H2,1-3H3,(H2,17,19). The number of rotatable bonds is 2. The quantitative estimate of drug-likeness (QED) is 0.802. The van der Waals surface area contributed by atoms with Crippen LogP contribution in [-0.2, 0) is 0 Å². The van der Waals surface area contributed by atoms with Gasteiger partial charge < -0.3 is 16.4 Å². The van der Waals surface area contributed by atoms with Gasteiger partial charge in [0.15, 0.2) is 0 Å². The molecule has 0 aromatic heterocycles. The third-order valence-electron chi connectivity index (χ3n) is 4.19. The summed E-state index contributed by atoms with van der Waals surface area (Å²) in [6.07, 6.45) is 1.22. The van der Waals surface area contributed by atoms with Crippen LogP contribution >= 0.6 is 0 Å². The zero-order valence-electron chi connectivity index (χ0n) is 11.9. The second-order valence-electron chi connectivity index (χ2n) is 5.85. The van der Waals surface area contributed by atoms with Gasteiger partial charge in [0.2, 0.25) is 0 Å². The van der Waals surface area contributed by atoms with E-state index in [9.17, 15) is 4.79 Å². The summed E-state index contributed by atoms with van der Waals surface area (Å²) in [5, 5.41) is 0. The fraction of sp³-hybridized carbons (Fsp3) is 0.533. The normalized spacial score (nSPS) is 27.3. The van der Waals surface area contributed by atoms with Crippen molar-refractivity contribution in [1.29, 1.82) is 0 Å². The van der Waals surface area contributed by atoms with Crippen molar-refractivity contribution in [3.05, 3.63) is 23.8 Å². The van der Waals surface area contributed by atoms with Crippen LogP contribution in [0.3, 0.4) is 0 Å². The van der Waals surface area contributed by atoms with Crippen LogP contribution in [0, 0.1) is 11.8 Å². The predicted molar refractivity (Wildman–Crippen MR) is 79.1 cm³/mol. The average Bonchev–Trinajstić information content (AvgIpc) is 2.34. The van der Waals surface area contributed by atoms with Crippen LogP contribution in [0.25, 0.3) is 0 Å². The number of anilines is 2. The average molecular weight is 261 g/mol. The summed E-state index contributed by atoms with van der Waals surface area (Å²) in [5.74, 6) is 0.798. The lowest BCUT2D eigenvalue weighted by molar-refractivity contribution is 0.100. The lowest BCUT2D eigenvalue weighted by Crippen LogP contribution is -2.46. The van der Waals surface area contributed by atoms with Crippen LogP contribution in [0.1, 0.15) is 37.6 Å². The molecule has 0 aliphatic carbocycles. The molecular formula is C15H23N3O. The van der Waals surface area contributed by atoms with Crippen molar-refractivity contribution in [2.24, 2.45) is 17.6 Å². The summed E-state index contributed by atoms with van der Waals surface area (Å²) in [6.45, 7) is 7.67. The lowest BCUT2D eigenvalue weighted by Gasteiger charge is -2.43. The molecule has 0 bridgehead atoms. The van der Waals surface area contributed by atoms with Gasteiger partial charge in [-0.1, -0.05) is 13.8 Å². The van der Waals surface area contributed by atoms with E-state index in [0.717, 1.165) is 12.2 Å². The monoisotopic (exact) mass is 261 g/mol. The summed E-state index contributed by atoms with van der Waals surface area (Å²) in [5.41, 5.74) is 13.2. The van der Waals surface area contributed by atoms with E-state index in [1.165, 1.54) is 6.42 Å². The Morgan fingerprint density at radius 3 is 2.63 bits per heavy atom. The molecule has 2 rings (SSSR count).